The smallest absolute Gasteiger partial charge is 0.331 e. The Hall–Kier alpha value is -1.89. The third kappa shape index (κ3) is 1.76. The van der Waals surface area contributed by atoms with Crippen LogP contribution in [0.4, 0.5) is 0 Å². The fourth-order valence-corrected chi connectivity index (χ4v) is 1.45. The first-order valence-electron chi connectivity index (χ1n) is 4.76. The van der Waals surface area contributed by atoms with E-state index in [9.17, 15) is 9.59 Å². The van der Waals surface area contributed by atoms with Gasteiger partial charge in [-0.2, -0.15) is 0 Å². The molecule has 0 aliphatic carbocycles. The minimum Gasteiger partial charge on any atom is -0.390 e. The highest BCUT2D eigenvalue weighted by atomic mass is 16.7. The molecule has 0 saturated heterocycles. The summed E-state index contributed by atoms with van der Waals surface area (Å²) in [5, 5.41) is 12.5. The summed E-state index contributed by atoms with van der Waals surface area (Å²) in [5.41, 5.74) is -0.0704. The number of rotatable bonds is 2. The first-order chi connectivity index (χ1) is 7.61. The van der Waals surface area contributed by atoms with E-state index in [1.165, 1.54) is 10.8 Å². The van der Waals surface area contributed by atoms with Crippen molar-refractivity contribution in [2.45, 2.75) is 19.6 Å². The van der Waals surface area contributed by atoms with Crippen LogP contribution < -0.4 is 11.2 Å². The fraction of sp³-hybridized carbons (Fsp3) is 0.444. The zero-order chi connectivity index (χ0) is 11.7. The predicted octanol–water partition coefficient (Wildman–Crippen LogP) is -0.888. The van der Waals surface area contributed by atoms with Gasteiger partial charge in [0.05, 0.1) is 18.7 Å². The summed E-state index contributed by atoms with van der Waals surface area (Å²) >= 11 is 0. The Labute approximate surface area is 90.0 Å². The van der Waals surface area contributed by atoms with Crippen LogP contribution >= 0.6 is 0 Å². The van der Waals surface area contributed by atoms with E-state index in [0.29, 0.717) is 17.7 Å². The highest BCUT2D eigenvalue weighted by Gasteiger charge is 2.23. The van der Waals surface area contributed by atoms with Crippen molar-refractivity contribution in [3.8, 4) is 0 Å². The second-order valence-corrected chi connectivity index (χ2v) is 3.56. The molecule has 1 aliphatic rings. The fourth-order valence-electron chi connectivity index (χ4n) is 1.45. The average Bonchev–Trinajstić information content (AvgIpc) is 2.71. The monoisotopic (exact) mass is 225 g/mol. The first-order valence-corrected chi connectivity index (χ1v) is 4.76. The van der Waals surface area contributed by atoms with Gasteiger partial charge >= 0.3 is 5.69 Å². The molecule has 16 heavy (non-hydrogen) atoms. The molecule has 86 valence electrons. The van der Waals surface area contributed by atoms with Gasteiger partial charge in [0.2, 0.25) is 6.23 Å². The molecule has 0 radical (unpaired) electrons. The topological polar surface area (TPSA) is 96.7 Å². The largest absolute Gasteiger partial charge is 0.390 e. The number of aromatic amines is 1. The zero-order valence-corrected chi connectivity index (χ0v) is 8.64. The highest BCUT2D eigenvalue weighted by Crippen LogP contribution is 2.18. The Balaban J connectivity index is 2.33. The van der Waals surface area contributed by atoms with Crippen molar-refractivity contribution in [2.75, 3.05) is 6.61 Å². The number of aliphatic hydroxyl groups excluding tert-OH is 1. The summed E-state index contributed by atoms with van der Waals surface area (Å²) < 4.78 is 1.25. The average molecular weight is 225 g/mol. The molecule has 7 nitrogen and oxygen atoms in total. The van der Waals surface area contributed by atoms with E-state index in [1.807, 2.05) is 0 Å². The molecule has 1 atom stereocenters. The Bertz CT molecular complexity index is 542. The van der Waals surface area contributed by atoms with Crippen LogP contribution in [0.3, 0.4) is 0 Å². The number of aliphatic hydroxyl groups is 1. The summed E-state index contributed by atoms with van der Waals surface area (Å²) in [6.45, 7) is 1.39. The van der Waals surface area contributed by atoms with Crippen molar-refractivity contribution in [1.82, 2.24) is 9.55 Å². The van der Waals surface area contributed by atoms with Gasteiger partial charge in [-0.3, -0.25) is 14.3 Å². The number of aromatic nitrogens is 2. The molecule has 0 saturated carbocycles. The molecule has 2 heterocycles. The molecule has 1 aromatic rings. The van der Waals surface area contributed by atoms with Gasteiger partial charge < -0.3 is 9.94 Å². The van der Waals surface area contributed by atoms with Crippen LogP contribution in [-0.2, 0) is 4.84 Å². The lowest BCUT2D eigenvalue weighted by Crippen LogP contribution is -2.33. The molecular formula is C9H11N3O4. The lowest BCUT2D eigenvalue weighted by atomic mass is 10.2. The van der Waals surface area contributed by atoms with Gasteiger partial charge in [-0.25, -0.2) is 4.79 Å². The SMILES string of the molecule is Cc1cn(C2CC(CO)=NO2)c(=O)[nH]c1=O. The molecule has 1 unspecified atom stereocenters. The Morgan fingerprint density at radius 2 is 2.44 bits per heavy atom. The molecule has 0 spiro atoms. The summed E-state index contributed by atoms with van der Waals surface area (Å²) in [6.07, 6.45) is 1.16. The third-order valence-electron chi connectivity index (χ3n) is 2.35. The van der Waals surface area contributed by atoms with Crippen molar-refractivity contribution in [2.24, 2.45) is 5.16 Å². The number of H-pyrrole nitrogens is 1. The molecule has 0 aromatic carbocycles. The van der Waals surface area contributed by atoms with Gasteiger partial charge in [-0.15, -0.1) is 0 Å². The quantitative estimate of drug-likeness (QED) is 0.682. The van der Waals surface area contributed by atoms with Crippen molar-refractivity contribution < 1.29 is 9.94 Å². The molecule has 0 bridgehead atoms. The van der Waals surface area contributed by atoms with E-state index >= 15 is 0 Å². The second kappa shape index (κ2) is 3.93. The lowest BCUT2D eigenvalue weighted by molar-refractivity contribution is 0.0284. The van der Waals surface area contributed by atoms with E-state index in [2.05, 4.69) is 10.1 Å². The molecule has 2 rings (SSSR count). The summed E-state index contributed by atoms with van der Waals surface area (Å²) in [7, 11) is 0. The van der Waals surface area contributed by atoms with Crippen molar-refractivity contribution >= 4 is 5.71 Å². The number of nitrogens with zero attached hydrogens (tertiary/aromatic N) is 2. The van der Waals surface area contributed by atoms with Crippen molar-refractivity contribution in [3.05, 3.63) is 32.6 Å². The van der Waals surface area contributed by atoms with Crippen LogP contribution in [0, 0.1) is 6.92 Å². The van der Waals surface area contributed by atoms with E-state index in [-0.39, 0.29) is 6.61 Å². The predicted molar refractivity (Wildman–Crippen MR) is 55.3 cm³/mol. The summed E-state index contributed by atoms with van der Waals surface area (Å²) in [4.78, 5) is 29.8. The van der Waals surface area contributed by atoms with Gasteiger partial charge in [-0.1, -0.05) is 5.16 Å². The summed E-state index contributed by atoms with van der Waals surface area (Å²) in [6, 6.07) is 0. The van der Waals surface area contributed by atoms with E-state index in [4.69, 9.17) is 9.94 Å². The van der Waals surface area contributed by atoms with Crippen molar-refractivity contribution in [1.29, 1.82) is 0 Å². The number of oxime groups is 1. The molecule has 0 amide bonds. The number of aryl methyl sites for hydroxylation is 1. The van der Waals surface area contributed by atoms with Gasteiger partial charge in [0.1, 0.15) is 0 Å². The lowest BCUT2D eigenvalue weighted by Gasteiger charge is -2.11. The molecular weight excluding hydrogens is 214 g/mol. The van der Waals surface area contributed by atoms with Crippen LogP contribution in [0.15, 0.2) is 20.9 Å². The standard InChI is InChI=1S/C9H11N3O4/c1-5-3-12(9(15)10-8(5)14)7-2-6(4-13)11-16-7/h3,7,13H,2,4H2,1H3,(H,10,14,15). The van der Waals surface area contributed by atoms with Gasteiger partial charge in [-0.05, 0) is 6.92 Å². The van der Waals surface area contributed by atoms with E-state index in [1.54, 1.807) is 6.92 Å². The number of hydrogen-bond donors (Lipinski definition) is 2. The highest BCUT2D eigenvalue weighted by molar-refractivity contribution is 5.86. The number of nitrogens with one attached hydrogen (secondary N) is 1. The maximum Gasteiger partial charge on any atom is 0.331 e. The molecule has 1 aliphatic heterocycles. The van der Waals surface area contributed by atoms with Crippen LogP contribution in [-0.4, -0.2) is 27.0 Å². The molecule has 7 heteroatoms. The minimum atomic E-state index is -0.592. The Morgan fingerprint density at radius 3 is 3.06 bits per heavy atom. The molecule has 1 aromatic heterocycles. The maximum absolute atomic E-state index is 11.5. The first kappa shape index (κ1) is 10.6. The Kier molecular flexibility index (Phi) is 2.61. The number of hydrogen-bond acceptors (Lipinski definition) is 5. The van der Waals surface area contributed by atoms with Gasteiger partial charge in [0.15, 0.2) is 0 Å². The molecule has 2 N–H and O–H groups in total. The second-order valence-electron chi connectivity index (χ2n) is 3.56. The van der Waals surface area contributed by atoms with E-state index in [0.717, 1.165) is 0 Å². The summed E-state index contributed by atoms with van der Waals surface area (Å²) in [5.74, 6) is 0. The van der Waals surface area contributed by atoms with Crippen molar-refractivity contribution in [3.63, 3.8) is 0 Å². The Morgan fingerprint density at radius 1 is 1.69 bits per heavy atom. The molecule has 0 fully saturated rings. The maximum atomic E-state index is 11.5. The third-order valence-corrected chi connectivity index (χ3v) is 2.35. The van der Waals surface area contributed by atoms with Crippen LogP contribution in [0.25, 0.3) is 0 Å². The van der Waals surface area contributed by atoms with Crippen LogP contribution in [0.2, 0.25) is 0 Å². The van der Waals surface area contributed by atoms with Crippen LogP contribution in [0.5, 0.6) is 0 Å². The minimum absolute atomic E-state index is 0.201. The van der Waals surface area contributed by atoms with E-state index < -0.39 is 17.5 Å². The van der Waals surface area contributed by atoms with Gasteiger partial charge in [0.25, 0.3) is 5.56 Å². The van der Waals surface area contributed by atoms with Crippen LogP contribution in [0.1, 0.15) is 18.2 Å². The zero-order valence-electron chi connectivity index (χ0n) is 8.64. The normalized spacial score (nSPS) is 19.4. The van der Waals surface area contributed by atoms with Gasteiger partial charge in [0, 0.05) is 11.8 Å².